The molecule has 0 aliphatic carbocycles. The van der Waals surface area contributed by atoms with Gasteiger partial charge < -0.3 is 19.7 Å². The SMILES string of the molecule is COc1nc(N2C[C@H]3C(=O)N(C)/C(=N\C(=O)OC(C)(C)C)N[C@@]3(c3ccc(F)cc3F)C2)nc(C)c1F. The number of aromatic nitrogens is 2. The van der Waals surface area contributed by atoms with Gasteiger partial charge in [0.05, 0.1) is 24.3 Å². The molecule has 0 unspecified atom stereocenters. The van der Waals surface area contributed by atoms with Crippen LogP contribution in [0.1, 0.15) is 32.0 Å². The molecule has 13 heteroatoms. The van der Waals surface area contributed by atoms with Crippen LogP contribution in [-0.4, -0.2) is 65.7 Å². The number of hydrogen-bond donors (Lipinski definition) is 1. The summed E-state index contributed by atoms with van der Waals surface area (Å²) in [7, 11) is 2.67. The molecule has 198 valence electrons. The predicted molar refractivity (Wildman–Crippen MR) is 127 cm³/mol. The number of ether oxygens (including phenoxy) is 2. The minimum atomic E-state index is -1.50. The Morgan fingerprint density at radius 1 is 1.24 bits per heavy atom. The first-order valence-corrected chi connectivity index (χ1v) is 11.4. The Hall–Kier alpha value is -3.90. The Labute approximate surface area is 211 Å². The summed E-state index contributed by atoms with van der Waals surface area (Å²) in [5.41, 5.74) is -2.35. The number of nitrogens with zero attached hydrogens (tertiary/aromatic N) is 5. The van der Waals surface area contributed by atoms with Crippen LogP contribution in [0.3, 0.4) is 0 Å². The summed E-state index contributed by atoms with van der Waals surface area (Å²) in [6, 6.07) is 3.01. The van der Waals surface area contributed by atoms with Crippen molar-refractivity contribution in [2.45, 2.75) is 38.8 Å². The third-order valence-electron chi connectivity index (χ3n) is 6.17. The number of aliphatic imine (C=N–C) groups is 1. The van der Waals surface area contributed by atoms with Gasteiger partial charge in [-0.05, 0) is 33.8 Å². The molecule has 2 atom stereocenters. The molecule has 1 aromatic heterocycles. The fourth-order valence-corrected chi connectivity index (χ4v) is 4.50. The number of fused-ring (bicyclic) bond motifs is 1. The van der Waals surface area contributed by atoms with Crippen LogP contribution in [-0.2, 0) is 15.1 Å². The number of rotatable bonds is 3. The van der Waals surface area contributed by atoms with Gasteiger partial charge in [0.2, 0.25) is 23.6 Å². The van der Waals surface area contributed by atoms with Gasteiger partial charge in [-0.2, -0.15) is 9.37 Å². The summed E-state index contributed by atoms with van der Waals surface area (Å²) in [5, 5.41) is 3.05. The highest BCUT2D eigenvalue weighted by Gasteiger charge is 2.58. The maximum atomic E-state index is 15.2. The van der Waals surface area contributed by atoms with Crippen molar-refractivity contribution >= 4 is 23.9 Å². The summed E-state index contributed by atoms with van der Waals surface area (Å²) in [6.45, 7) is 6.32. The number of carbonyl (C=O) groups is 2. The Balaban J connectivity index is 1.83. The van der Waals surface area contributed by atoms with Crippen LogP contribution in [0.25, 0.3) is 0 Å². The normalized spacial score (nSPS) is 22.7. The zero-order valence-corrected chi connectivity index (χ0v) is 21.2. The molecular formula is C24H27F3N6O4. The largest absolute Gasteiger partial charge is 0.479 e. The third kappa shape index (κ3) is 4.77. The van der Waals surface area contributed by atoms with E-state index < -0.39 is 46.5 Å². The van der Waals surface area contributed by atoms with Crippen LogP contribution in [0.5, 0.6) is 5.88 Å². The predicted octanol–water partition coefficient (Wildman–Crippen LogP) is 2.90. The van der Waals surface area contributed by atoms with Gasteiger partial charge in [0.25, 0.3) is 5.88 Å². The van der Waals surface area contributed by atoms with Crippen LogP contribution in [0, 0.1) is 30.3 Å². The first-order chi connectivity index (χ1) is 17.3. The summed E-state index contributed by atoms with van der Waals surface area (Å²) < 4.78 is 53.6. The third-order valence-corrected chi connectivity index (χ3v) is 6.17. The second-order valence-corrected chi connectivity index (χ2v) is 9.90. The van der Waals surface area contributed by atoms with Gasteiger partial charge in [0.15, 0.2) is 0 Å². The monoisotopic (exact) mass is 520 g/mol. The van der Waals surface area contributed by atoms with Crippen molar-refractivity contribution in [2.75, 3.05) is 32.1 Å². The van der Waals surface area contributed by atoms with E-state index in [0.29, 0.717) is 6.07 Å². The van der Waals surface area contributed by atoms with Crippen LogP contribution in [0.15, 0.2) is 23.2 Å². The number of carbonyl (C=O) groups excluding carboxylic acids is 2. The number of amides is 2. The molecule has 4 rings (SSSR count). The first kappa shape index (κ1) is 26.2. The fraction of sp³-hybridized carbons (Fsp3) is 0.458. The van der Waals surface area contributed by atoms with Gasteiger partial charge in [-0.3, -0.25) is 9.69 Å². The fourth-order valence-electron chi connectivity index (χ4n) is 4.50. The minimum absolute atomic E-state index is 0.000927. The van der Waals surface area contributed by atoms with E-state index in [9.17, 15) is 18.4 Å². The lowest BCUT2D eigenvalue weighted by atomic mass is 9.78. The first-order valence-electron chi connectivity index (χ1n) is 11.4. The Morgan fingerprint density at radius 3 is 2.57 bits per heavy atom. The molecule has 3 heterocycles. The minimum Gasteiger partial charge on any atom is -0.479 e. The highest BCUT2D eigenvalue weighted by atomic mass is 19.1. The molecule has 2 aliphatic rings. The Kier molecular flexibility index (Phi) is 6.51. The zero-order valence-electron chi connectivity index (χ0n) is 21.2. The average molecular weight is 521 g/mol. The quantitative estimate of drug-likeness (QED) is 0.658. The topological polar surface area (TPSA) is 109 Å². The summed E-state index contributed by atoms with van der Waals surface area (Å²) in [6.07, 6.45) is -0.958. The van der Waals surface area contributed by atoms with E-state index in [1.165, 1.54) is 27.1 Å². The van der Waals surface area contributed by atoms with Gasteiger partial charge in [0, 0.05) is 31.8 Å². The lowest BCUT2D eigenvalue weighted by molar-refractivity contribution is -0.134. The van der Waals surface area contributed by atoms with Crippen molar-refractivity contribution in [3.63, 3.8) is 0 Å². The number of halogens is 3. The van der Waals surface area contributed by atoms with Gasteiger partial charge in [0.1, 0.15) is 17.2 Å². The molecule has 2 aromatic rings. The van der Waals surface area contributed by atoms with Crippen molar-refractivity contribution in [1.82, 2.24) is 20.2 Å². The molecular weight excluding hydrogens is 493 g/mol. The van der Waals surface area contributed by atoms with Crippen molar-refractivity contribution in [3.05, 3.63) is 46.9 Å². The molecule has 2 saturated heterocycles. The highest BCUT2D eigenvalue weighted by molar-refractivity contribution is 6.05. The summed E-state index contributed by atoms with van der Waals surface area (Å²) in [4.78, 5) is 40.9. The van der Waals surface area contributed by atoms with Crippen molar-refractivity contribution in [3.8, 4) is 5.88 Å². The summed E-state index contributed by atoms with van der Waals surface area (Å²) in [5.74, 6) is -4.26. The smallest absolute Gasteiger partial charge is 0.437 e. The van der Waals surface area contributed by atoms with E-state index in [2.05, 4.69) is 20.3 Å². The molecule has 2 aliphatic heterocycles. The molecule has 37 heavy (non-hydrogen) atoms. The van der Waals surface area contributed by atoms with E-state index in [-0.39, 0.29) is 42.1 Å². The second-order valence-electron chi connectivity index (χ2n) is 9.90. The number of hydrogen-bond acceptors (Lipinski definition) is 7. The van der Waals surface area contributed by atoms with Crippen LogP contribution in [0.4, 0.5) is 23.9 Å². The number of methoxy groups -OCH3 is 1. The maximum absolute atomic E-state index is 15.2. The molecule has 2 amide bonds. The lowest BCUT2D eigenvalue weighted by Crippen LogP contribution is -2.65. The van der Waals surface area contributed by atoms with E-state index in [1.54, 1.807) is 25.7 Å². The van der Waals surface area contributed by atoms with Crippen molar-refractivity contribution < 1.29 is 32.2 Å². The number of guanidine groups is 1. The molecule has 2 fully saturated rings. The number of anilines is 1. The number of aryl methyl sites for hydroxylation is 1. The number of nitrogens with one attached hydrogen (secondary N) is 1. The standard InChI is InChI=1S/C24H27F3N6O4/c1-12-17(27)18(36-6)29-20(28-12)33-10-15-19(34)32(5)21(30-22(35)37-23(2,3)4)31-24(15,11-33)14-8-7-13(25)9-16(14)26/h7-9,15H,10-11H2,1-6H3,(H,30,31,35)/t15-,24+/m0/s1. The van der Waals surface area contributed by atoms with Crippen molar-refractivity contribution in [2.24, 2.45) is 10.9 Å². The van der Waals surface area contributed by atoms with Crippen LogP contribution >= 0.6 is 0 Å². The van der Waals surface area contributed by atoms with Gasteiger partial charge in [-0.25, -0.2) is 18.6 Å². The lowest BCUT2D eigenvalue weighted by Gasteiger charge is -2.43. The zero-order chi connectivity index (χ0) is 27.3. The molecule has 0 bridgehead atoms. The van der Waals surface area contributed by atoms with Gasteiger partial charge in [-0.15, -0.1) is 4.99 Å². The number of benzene rings is 1. The molecule has 1 N–H and O–H groups in total. The van der Waals surface area contributed by atoms with Crippen molar-refractivity contribution in [1.29, 1.82) is 0 Å². The van der Waals surface area contributed by atoms with E-state index in [1.807, 2.05) is 0 Å². The molecule has 0 radical (unpaired) electrons. The molecule has 10 nitrogen and oxygen atoms in total. The summed E-state index contributed by atoms with van der Waals surface area (Å²) >= 11 is 0. The molecule has 0 spiro atoms. The Morgan fingerprint density at radius 2 is 1.95 bits per heavy atom. The second kappa shape index (κ2) is 9.20. The Bertz CT molecular complexity index is 1300. The highest BCUT2D eigenvalue weighted by Crippen LogP contribution is 2.43. The van der Waals surface area contributed by atoms with Gasteiger partial charge >= 0.3 is 6.09 Å². The average Bonchev–Trinajstić information content (AvgIpc) is 3.18. The molecule has 1 aromatic carbocycles. The van der Waals surface area contributed by atoms with Crippen LogP contribution in [0.2, 0.25) is 0 Å². The van der Waals surface area contributed by atoms with Gasteiger partial charge in [-0.1, -0.05) is 6.07 Å². The van der Waals surface area contributed by atoms with E-state index in [4.69, 9.17) is 9.47 Å². The van der Waals surface area contributed by atoms with Crippen LogP contribution < -0.4 is 15.0 Å². The van der Waals surface area contributed by atoms with E-state index >= 15 is 4.39 Å². The maximum Gasteiger partial charge on any atom is 0.437 e. The van der Waals surface area contributed by atoms with E-state index in [0.717, 1.165) is 11.0 Å². The molecule has 0 saturated carbocycles.